The lowest BCUT2D eigenvalue weighted by Crippen LogP contribution is -2.31. The minimum Gasteiger partial charge on any atom is -0.497 e. The Morgan fingerprint density at radius 1 is 0.909 bits per heavy atom. The molecule has 0 unspecified atom stereocenters. The lowest BCUT2D eigenvalue weighted by atomic mass is 10.1. The second kappa shape index (κ2) is 9.66. The van der Waals surface area contributed by atoms with Crippen molar-refractivity contribution < 1.29 is 9.15 Å². The van der Waals surface area contributed by atoms with Gasteiger partial charge in [0.1, 0.15) is 5.75 Å². The lowest BCUT2D eigenvalue weighted by molar-refractivity contribution is 0.415. The summed E-state index contributed by atoms with van der Waals surface area (Å²) in [6.07, 6.45) is 3.62. The number of rotatable bonds is 7. The molecule has 0 aliphatic carbocycles. The van der Waals surface area contributed by atoms with E-state index < -0.39 is 0 Å². The van der Waals surface area contributed by atoms with Gasteiger partial charge >= 0.3 is 0 Å². The maximum Gasteiger partial charge on any atom is 0.247 e. The Hall–Kier alpha value is -3.33. The molecule has 1 fully saturated rings. The Labute approximate surface area is 197 Å². The van der Waals surface area contributed by atoms with E-state index in [1.807, 2.05) is 49.4 Å². The Morgan fingerprint density at radius 2 is 1.67 bits per heavy atom. The van der Waals surface area contributed by atoms with Gasteiger partial charge in [-0.3, -0.25) is 4.57 Å². The maximum absolute atomic E-state index is 5.99. The van der Waals surface area contributed by atoms with Gasteiger partial charge in [-0.2, -0.15) is 0 Å². The number of benzene rings is 2. The highest BCUT2D eigenvalue weighted by molar-refractivity contribution is 7.99. The van der Waals surface area contributed by atoms with Crippen molar-refractivity contribution in [3.63, 3.8) is 0 Å². The zero-order valence-electron chi connectivity index (χ0n) is 18.7. The highest BCUT2D eigenvalue weighted by Gasteiger charge is 2.25. The van der Waals surface area contributed by atoms with Crippen LogP contribution >= 0.6 is 11.8 Å². The Kier molecular flexibility index (Phi) is 6.30. The Balaban J connectivity index is 1.41. The number of aromatic nitrogens is 5. The first-order valence-corrected chi connectivity index (χ1v) is 12.0. The van der Waals surface area contributed by atoms with Crippen LogP contribution < -0.4 is 9.64 Å². The highest BCUT2D eigenvalue weighted by atomic mass is 32.2. The van der Waals surface area contributed by atoms with Gasteiger partial charge in [0.25, 0.3) is 0 Å². The molecule has 170 valence electrons. The van der Waals surface area contributed by atoms with Gasteiger partial charge in [-0.05, 0) is 62.6 Å². The number of piperidine rings is 1. The summed E-state index contributed by atoms with van der Waals surface area (Å²) in [5.41, 5.74) is 1.90. The van der Waals surface area contributed by atoms with Gasteiger partial charge in [-0.1, -0.05) is 30.0 Å². The second-order valence-electron chi connectivity index (χ2n) is 7.94. The minimum absolute atomic E-state index is 0.0923. The first kappa shape index (κ1) is 21.5. The maximum atomic E-state index is 5.99. The summed E-state index contributed by atoms with van der Waals surface area (Å²) < 4.78 is 13.3. The average molecular weight is 463 g/mol. The zero-order chi connectivity index (χ0) is 22.6. The number of nitrogens with zero attached hydrogens (tertiary/aromatic N) is 6. The number of ether oxygens (including phenoxy) is 1. The molecule has 2 aromatic carbocycles. The first-order valence-electron chi connectivity index (χ1n) is 11.1. The van der Waals surface area contributed by atoms with E-state index in [-0.39, 0.29) is 5.25 Å². The SMILES string of the molecule is COc1ccc(-c2nnc([C@@H](C)Sc3nnc(N4CCCCC4)n3-c3ccccc3)o2)cc1. The number of thioether (sulfide) groups is 1. The average Bonchev–Trinajstić information content (AvgIpc) is 3.53. The fraction of sp³-hybridized carbons (Fsp3) is 0.333. The summed E-state index contributed by atoms with van der Waals surface area (Å²) in [7, 11) is 1.64. The predicted molar refractivity (Wildman–Crippen MR) is 128 cm³/mol. The van der Waals surface area contributed by atoms with E-state index in [0.717, 1.165) is 41.2 Å². The lowest BCUT2D eigenvalue weighted by Gasteiger charge is -2.27. The fourth-order valence-corrected chi connectivity index (χ4v) is 4.79. The fourth-order valence-electron chi connectivity index (χ4n) is 3.90. The van der Waals surface area contributed by atoms with E-state index in [2.05, 4.69) is 42.0 Å². The molecule has 5 rings (SSSR count). The van der Waals surface area contributed by atoms with Gasteiger partial charge in [0, 0.05) is 18.7 Å². The number of methoxy groups -OCH3 is 1. The molecule has 2 aromatic heterocycles. The molecule has 33 heavy (non-hydrogen) atoms. The monoisotopic (exact) mass is 462 g/mol. The molecular formula is C24H26N6O2S. The molecule has 4 aromatic rings. The van der Waals surface area contributed by atoms with Gasteiger partial charge in [0.05, 0.1) is 18.0 Å². The number of anilines is 1. The van der Waals surface area contributed by atoms with Crippen molar-refractivity contribution in [2.75, 3.05) is 25.1 Å². The van der Waals surface area contributed by atoms with Crippen LogP contribution in [0.3, 0.4) is 0 Å². The standard InChI is InChI=1S/C24H26N6O2S/c1-17(21-25-26-22(32-21)18-11-13-20(31-2)14-12-18)33-24-28-27-23(29-15-7-4-8-16-29)30(24)19-9-5-3-6-10-19/h3,5-6,9-14,17H,4,7-8,15-16H2,1-2H3/t17-/m1/s1. The van der Waals surface area contributed by atoms with Gasteiger partial charge < -0.3 is 14.1 Å². The molecule has 0 bridgehead atoms. The largest absolute Gasteiger partial charge is 0.497 e. The van der Waals surface area contributed by atoms with Crippen LogP contribution in [0.25, 0.3) is 17.1 Å². The van der Waals surface area contributed by atoms with Crippen molar-refractivity contribution in [3.05, 3.63) is 60.5 Å². The molecule has 1 aliphatic rings. The molecule has 1 atom stereocenters. The minimum atomic E-state index is -0.0923. The summed E-state index contributed by atoms with van der Waals surface area (Å²) in [5.74, 6) is 2.71. The van der Waals surface area contributed by atoms with Crippen molar-refractivity contribution >= 4 is 17.7 Å². The van der Waals surface area contributed by atoms with Crippen molar-refractivity contribution in [2.45, 2.75) is 36.6 Å². The highest BCUT2D eigenvalue weighted by Crippen LogP contribution is 2.37. The van der Waals surface area contributed by atoms with Crippen molar-refractivity contribution in [2.24, 2.45) is 0 Å². The zero-order valence-corrected chi connectivity index (χ0v) is 19.5. The van der Waals surface area contributed by atoms with Crippen LogP contribution in [-0.4, -0.2) is 45.2 Å². The van der Waals surface area contributed by atoms with E-state index >= 15 is 0 Å². The predicted octanol–water partition coefficient (Wildman–Crippen LogP) is 5.17. The van der Waals surface area contributed by atoms with Crippen LogP contribution in [0.1, 0.15) is 37.3 Å². The molecule has 3 heterocycles. The van der Waals surface area contributed by atoms with E-state index in [1.165, 1.54) is 19.3 Å². The molecule has 1 saturated heterocycles. The van der Waals surface area contributed by atoms with E-state index in [1.54, 1.807) is 18.9 Å². The molecule has 9 heteroatoms. The summed E-state index contributed by atoms with van der Waals surface area (Å²) in [6.45, 7) is 4.04. The molecule has 8 nitrogen and oxygen atoms in total. The third-order valence-corrected chi connectivity index (χ3v) is 6.71. The van der Waals surface area contributed by atoms with E-state index in [0.29, 0.717) is 11.8 Å². The quantitative estimate of drug-likeness (QED) is 0.348. The second-order valence-corrected chi connectivity index (χ2v) is 9.24. The van der Waals surface area contributed by atoms with Crippen LogP contribution in [-0.2, 0) is 0 Å². The number of para-hydroxylation sites is 1. The van der Waals surface area contributed by atoms with Gasteiger partial charge in [-0.15, -0.1) is 20.4 Å². The number of hydrogen-bond acceptors (Lipinski definition) is 8. The Morgan fingerprint density at radius 3 is 2.39 bits per heavy atom. The van der Waals surface area contributed by atoms with Crippen molar-refractivity contribution in [1.82, 2.24) is 25.0 Å². The molecule has 0 N–H and O–H groups in total. The summed E-state index contributed by atoms with van der Waals surface area (Å²) in [5, 5.41) is 18.4. The molecule has 0 saturated carbocycles. The van der Waals surface area contributed by atoms with Gasteiger partial charge in [-0.25, -0.2) is 0 Å². The molecule has 0 spiro atoms. The summed E-state index contributed by atoms with van der Waals surface area (Å²) in [6, 6.07) is 17.8. The van der Waals surface area contributed by atoms with E-state index in [9.17, 15) is 0 Å². The summed E-state index contributed by atoms with van der Waals surface area (Å²) in [4.78, 5) is 2.33. The van der Waals surface area contributed by atoms with Crippen LogP contribution in [0.4, 0.5) is 5.95 Å². The smallest absolute Gasteiger partial charge is 0.247 e. The van der Waals surface area contributed by atoms with Crippen molar-refractivity contribution in [1.29, 1.82) is 0 Å². The molecule has 1 aliphatic heterocycles. The summed E-state index contributed by atoms with van der Waals surface area (Å²) >= 11 is 1.56. The van der Waals surface area contributed by atoms with Crippen LogP contribution in [0, 0.1) is 0 Å². The number of hydrogen-bond donors (Lipinski definition) is 0. The Bertz CT molecular complexity index is 1190. The molecular weight excluding hydrogens is 436 g/mol. The molecule has 0 amide bonds. The topological polar surface area (TPSA) is 82.1 Å². The third kappa shape index (κ3) is 4.59. The van der Waals surface area contributed by atoms with E-state index in [4.69, 9.17) is 9.15 Å². The van der Waals surface area contributed by atoms with Crippen LogP contribution in [0.2, 0.25) is 0 Å². The first-order chi connectivity index (χ1) is 16.2. The molecule has 0 radical (unpaired) electrons. The third-order valence-electron chi connectivity index (χ3n) is 5.68. The van der Waals surface area contributed by atoms with Gasteiger partial charge in [0.2, 0.25) is 17.7 Å². The normalized spacial score (nSPS) is 14.9. The van der Waals surface area contributed by atoms with Crippen LogP contribution in [0.15, 0.2) is 64.2 Å². The van der Waals surface area contributed by atoms with Crippen LogP contribution in [0.5, 0.6) is 5.75 Å². The van der Waals surface area contributed by atoms with Crippen molar-refractivity contribution in [3.8, 4) is 22.9 Å². The van der Waals surface area contributed by atoms with Gasteiger partial charge in [0.15, 0.2) is 5.16 Å².